The highest BCUT2D eigenvalue weighted by Crippen LogP contribution is 2.50. The third kappa shape index (κ3) is 3.40. The molecular weight excluding hydrogens is 585 g/mol. The van der Waals surface area contributed by atoms with E-state index in [1.807, 2.05) is 46.9 Å². The van der Waals surface area contributed by atoms with Crippen LogP contribution in [0.2, 0.25) is 0 Å². The maximum absolute atomic E-state index is 13.7. The first-order valence-corrected chi connectivity index (χ1v) is 13.0. The summed E-state index contributed by atoms with van der Waals surface area (Å²) in [6.45, 7) is 3.73. The number of fused-ring (bicyclic) bond motifs is 3. The van der Waals surface area contributed by atoms with Crippen molar-refractivity contribution in [3.8, 4) is 11.4 Å². The number of rotatable bonds is 2. The lowest BCUT2D eigenvalue weighted by Gasteiger charge is -2.39. The molecule has 1 aliphatic heterocycles. The predicted octanol–water partition coefficient (Wildman–Crippen LogP) is 3.56. The van der Waals surface area contributed by atoms with Crippen molar-refractivity contribution in [1.82, 2.24) is 13.9 Å². The molecule has 0 saturated heterocycles. The van der Waals surface area contributed by atoms with Gasteiger partial charge in [0.05, 0.1) is 21.9 Å². The molecular formula is C28H22IN3O5. The van der Waals surface area contributed by atoms with Crippen molar-refractivity contribution in [1.29, 1.82) is 0 Å². The Bertz CT molecular complexity index is 1730. The summed E-state index contributed by atoms with van der Waals surface area (Å²) in [5.74, 6) is -0.878. The number of phenolic OH excluding ortho intramolecular Hbond substituents is 1. The van der Waals surface area contributed by atoms with Crippen molar-refractivity contribution in [3.05, 3.63) is 113 Å². The quantitative estimate of drug-likeness (QED) is 0.273. The minimum Gasteiger partial charge on any atom is -0.507 e. The van der Waals surface area contributed by atoms with Crippen LogP contribution in [-0.4, -0.2) is 30.6 Å². The van der Waals surface area contributed by atoms with Crippen LogP contribution < -0.4 is 11.4 Å². The first-order valence-electron chi connectivity index (χ1n) is 11.9. The molecule has 2 atom stereocenters. The van der Waals surface area contributed by atoms with Crippen LogP contribution in [0.15, 0.2) is 84.5 Å². The van der Waals surface area contributed by atoms with Gasteiger partial charge in [-0.25, -0.2) is 23.5 Å². The van der Waals surface area contributed by atoms with Crippen LogP contribution in [0.25, 0.3) is 5.69 Å². The molecule has 2 aromatic carbocycles. The molecule has 8 nitrogen and oxygen atoms in total. The van der Waals surface area contributed by atoms with Crippen molar-refractivity contribution in [2.75, 3.05) is 0 Å². The van der Waals surface area contributed by atoms with E-state index in [0.717, 1.165) is 15.7 Å². The van der Waals surface area contributed by atoms with Gasteiger partial charge in [-0.15, -0.1) is 0 Å². The number of ketones is 2. The van der Waals surface area contributed by atoms with Gasteiger partial charge in [0.15, 0.2) is 11.6 Å². The second-order valence-corrected chi connectivity index (χ2v) is 10.8. The van der Waals surface area contributed by atoms with E-state index in [9.17, 15) is 24.3 Å². The van der Waals surface area contributed by atoms with Gasteiger partial charge < -0.3 is 5.11 Å². The Hall–Kier alpha value is -3.73. The monoisotopic (exact) mass is 607 g/mol. The summed E-state index contributed by atoms with van der Waals surface area (Å²) in [4.78, 5) is 53.7. The summed E-state index contributed by atoms with van der Waals surface area (Å²) >= 11 is 1.90. The first-order chi connectivity index (χ1) is 17.7. The molecule has 37 heavy (non-hydrogen) atoms. The van der Waals surface area contributed by atoms with E-state index in [0.29, 0.717) is 31.5 Å². The molecule has 1 N–H and O–H groups in total. The molecule has 0 saturated carbocycles. The third-order valence-corrected chi connectivity index (χ3v) is 8.26. The molecule has 1 aromatic heterocycles. The lowest BCUT2D eigenvalue weighted by molar-refractivity contribution is -0.115. The molecule has 6 rings (SSSR count). The second kappa shape index (κ2) is 8.41. The third-order valence-electron chi connectivity index (χ3n) is 7.46. The number of aromatic nitrogens is 3. The summed E-state index contributed by atoms with van der Waals surface area (Å²) in [6.07, 6.45) is 3.38. The number of allylic oxidation sites excluding steroid dienone is 6. The molecule has 3 aromatic rings. The minimum atomic E-state index is -0.613. The number of para-hydroxylation sites is 1. The van der Waals surface area contributed by atoms with Crippen LogP contribution >= 0.6 is 22.6 Å². The molecule has 0 bridgehead atoms. The molecule has 0 fully saturated rings. The topological polar surface area (TPSA) is 103 Å². The smallest absolute Gasteiger partial charge is 0.352 e. The lowest BCUT2D eigenvalue weighted by Crippen LogP contribution is -2.40. The predicted molar refractivity (Wildman–Crippen MR) is 145 cm³/mol. The highest BCUT2D eigenvalue weighted by atomic mass is 127. The number of aromatic hydroxyl groups is 1. The number of carbonyl (C=O) groups excluding carboxylic acids is 2. The summed E-state index contributed by atoms with van der Waals surface area (Å²) in [7, 11) is 0. The number of Topliss-reactive ketones (excluding diaryl/α,β-unsaturated/α-hetero) is 1. The van der Waals surface area contributed by atoms with Crippen molar-refractivity contribution in [2.45, 2.75) is 38.8 Å². The second-order valence-electron chi connectivity index (χ2n) is 9.60. The number of nitrogens with zero attached hydrogens (tertiary/aromatic N) is 3. The zero-order chi connectivity index (χ0) is 26.2. The summed E-state index contributed by atoms with van der Waals surface area (Å²) in [6, 6.07) is 11.8. The largest absolute Gasteiger partial charge is 0.507 e. The molecule has 2 aliphatic carbocycles. The highest BCUT2D eigenvalue weighted by molar-refractivity contribution is 14.1. The SMILES string of the molecule is Cc1cc([C@H]2C3=CCn4c(=O)n(-c5ccccc5)c(=O)n4[C@@H]3CC3=C2C(=O)C(I)=CC3=O)cc(C)c1O. The van der Waals surface area contributed by atoms with Gasteiger partial charge in [0, 0.05) is 29.6 Å². The highest BCUT2D eigenvalue weighted by Gasteiger charge is 2.45. The molecule has 2 heterocycles. The van der Waals surface area contributed by atoms with Gasteiger partial charge in [-0.1, -0.05) is 36.4 Å². The van der Waals surface area contributed by atoms with Crippen LogP contribution in [0, 0.1) is 13.8 Å². The van der Waals surface area contributed by atoms with E-state index in [-0.39, 0.29) is 30.3 Å². The number of benzene rings is 2. The number of hydrogen-bond acceptors (Lipinski definition) is 5. The summed E-state index contributed by atoms with van der Waals surface area (Å²) in [5.41, 5.74) is 3.15. The summed E-state index contributed by atoms with van der Waals surface area (Å²) in [5, 5.41) is 10.4. The van der Waals surface area contributed by atoms with E-state index >= 15 is 0 Å². The van der Waals surface area contributed by atoms with Gasteiger partial charge >= 0.3 is 11.4 Å². The van der Waals surface area contributed by atoms with Crippen LogP contribution in [0.1, 0.15) is 35.1 Å². The van der Waals surface area contributed by atoms with Crippen LogP contribution in [0.4, 0.5) is 0 Å². The molecule has 0 spiro atoms. The molecule has 9 heteroatoms. The van der Waals surface area contributed by atoms with Crippen molar-refractivity contribution < 1.29 is 14.7 Å². The first kappa shape index (κ1) is 23.7. The Kier molecular flexibility index (Phi) is 5.37. The molecule has 0 amide bonds. The Balaban J connectivity index is 1.61. The fourth-order valence-electron chi connectivity index (χ4n) is 5.80. The Morgan fingerprint density at radius 2 is 1.65 bits per heavy atom. The average Bonchev–Trinajstić information content (AvgIpc) is 3.14. The lowest BCUT2D eigenvalue weighted by atomic mass is 9.68. The van der Waals surface area contributed by atoms with Gasteiger partial charge in [-0.2, -0.15) is 0 Å². The van der Waals surface area contributed by atoms with Gasteiger partial charge in [-0.3, -0.25) is 9.59 Å². The van der Waals surface area contributed by atoms with Crippen molar-refractivity contribution in [2.24, 2.45) is 0 Å². The van der Waals surface area contributed by atoms with E-state index in [4.69, 9.17) is 0 Å². The molecule has 186 valence electrons. The number of phenols is 1. The maximum atomic E-state index is 13.7. The van der Waals surface area contributed by atoms with Gasteiger partial charge in [0.2, 0.25) is 0 Å². The Labute approximate surface area is 225 Å². The van der Waals surface area contributed by atoms with Gasteiger partial charge in [0.1, 0.15) is 5.75 Å². The molecule has 0 radical (unpaired) electrons. The minimum absolute atomic E-state index is 0.136. The zero-order valence-electron chi connectivity index (χ0n) is 20.1. The van der Waals surface area contributed by atoms with E-state index < -0.39 is 23.3 Å². The zero-order valence-corrected chi connectivity index (χ0v) is 22.2. The Morgan fingerprint density at radius 3 is 2.32 bits per heavy atom. The van der Waals surface area contributed by atoms with Crippen LogP contribution in [0.3, 0.4) is 0 Å². The molecule has 0 unspecified atom stereocenters. The van der Waals surface area contributed by atoms with E-state index in [2.05, 4.69) is 0 Å². The fourth-order valence-corrected chi connectivity index (χ4v) is 6.38. The van der Waals surface area contributed by atoms with Gasteiger partial charge in [-0.05, 0) is 70.8 Å². The van der Waals surface area contributed by atoms with E-state index in [1.165, 1.54) is 15.4 Å². The van der Waals surface area contributed by atoms with Crippen molar-refractivity contribution in [3.63, 3.8) is 0 Å². The Morgan fingerprint density at radius 1 is 0.973 bits per heavy atom. The van der Waals surface area contributed by atoms with Crippen molar-refractivity contribution >= 4 is 34.2 Å². The van der Waals surface area contributed by atoms with E-state index in [1.54, 1.807) is 38.1 Å². The van der Waals surface area contributed by atoms with Crippen LogP contribution in [-0.2, 0) is 16.1 Å². The standard InChI is InChI=1S/C28H22IN3O5/c1-14-10-16(11-15(2)25(14)34)23-18-8-9-30-27(36)31(17-6-4-3-5-7-17)28(37)32(30)21(18)12-19-22(33)13-20(29)26(35)24(19)23/h3-8,10-11,13,21,23,34H,9,12H2,1-2H3/t21-,23+/m1/s1. The fraction of sp³-hybridized carbons (Fsp3) is 0.214. The molecule has 3 aliphatic rings. The van der Waals surface area contributed by atoms with Crippen LogP contribution in [0.5, 0.6) is 5.75 Å². The summed E-state index contributed by atoms with van der Waals surface area (Å²) < 4.78 is 4.32. The number of halogens is 1. The number of aryl methyl sites for hydroxylation is 2. The van der Waals surface area contributed by atoms with Gasteiger partial charge in [0.25, 0.3) is 0 Å². The maximum Gasteiger partial charge on any atom is 0.352 e. The number of hydrogen-bond donors (Lipinski definition) is 1. The number of carbonyl (C=O) groups is 2. The normalized spacial score (nSPS) is 20.7. The average molecular weight is 607 g/mol.